The van der Waals surface area contributed by atoms with Crippen molar-refractivity contribution in [3.8, 4) is 11.3 Å². The number of nitrogens with zero attached hydrogens (tertiary/aromatic N) is 2. The predicted molar refractivity (Wildman–Crippen MR) is 82.3 cm³/mol. The van der Waals surface area contributed by atoms with Crippen molar-refractivity contribution in [2.24, 2.45) is 5.92 Å². The number of rotatable bonds is 2. The molecule has 1 aliphatic carbocycles. The Labute approximate surface area is 120 Å². The third kappa shape index (κ3) is 2.67. The van der Waals surface area contributed by atoms with Crippen LogP contribution in [0.2, 0.25) is 0 Å². The molecule has 0 aliphatic heterocycles. The van der Waals surface area contributed by atoms with Crippen LogP contribution < -0.4 is 5.73 Å². The molecule has 2 unspecified atom stereocenters. The second-order valence-corrected chi connectivity index (χ2v) is 5.82. The molecular formula is C17H21N3. The van der Waals surface area contributed by atoms with Gasteiger partial charge < -0.3 is 5.73 Å². The van der Waals surface area contributed by atoms with E-state index in [1.807, 2.05) is 0 Å². The molecule has 1 aromatic carbocycles. The van der Waals surface area contributed by atoms with Gasteiger partial charge in [0.25, 0.3) is 0 Å². The summed E-state index contributed by atoms with van der Waals surface area (Å²) >= 11 is 0. The second kappa shape index (κ2) is 5.61. The van der Waals surface area contributed by atoms with Crippen molar-refractivity contribution in [1.82, 2.24) is 9.97 Å². The topological polar surface area (TPSA) is 51.8 Å². The highest BCUT2D eigenvalue weighted by molar-refractivity contribution is 5.59. The maximum absolute atomic E-state index is 5.57. The first-order valence-electron chi connectivity index (χ1n) is 7.42. The Morgan fingerprint density at radius 1 is 1.00 bits per heavy atom. The van der Waals surface area contributed by atoms with Gasteiger partial charge in [0, 0.05) is 5.56 Å². The van der Waals surface area contributed by atoms with Crippen LogP contribution in [0.15, 0.2) is 36.7 Å². The van der Waals surface area contributed by atoms with Gasteiger partial charge in [-0.2, -0.15) is 0 Å². The number of benzene rings is 1. The Kier molecular flexibility index (Phi) is 3.68. The van der Waals surface area contributed by atoms with E-state index in [1.165, 1.54) is 31.2 Å². The van der Waals surface area contributed by atoms with E-state index >= 15 is 0 Å². The van der Waals surface area contributed by atoms with E-state index in [1.54, 1.807) is 12.4 Å². The zero-order valence-corrected chi connectivity index (χ0v) is 11.9. The number of nitrogens with two attached hydrogens (primary N) is 1. The summed E-state index contributed by atoms with van der Waals surface area (Å²) in [6, 6.07) is 8.80. The molecule has 0 bridgehead atoms. The average molecular weight is 267 g/mol. The molecule has 1 fully saturated rings. The lowest BCUT2D eigenvalue weighted by Gasteiger charge is -2.29. The first-order valence-corrected chi connectivity index (χ1v) is 7.42. The zero-order chi connectivity index (χ0) is 13.9. The van der Waals surface area contributed by atoms with Gasteiger partial charge in [-0.05, 0) is 23.8 Å². The van der Waals surface area contributed by atoms with Gasteiger partial charge in [0.05, 0.1) is 18.1 Å². The van der Waals surface area contributed by atoms with E-state index in [0.29, 0.717) is 5.82 Å². The molecule has 20 heavy (non-hydrogen) atoms. The van der Waals surface area contributed by atoms with Gasteiger partial charge in [0.15, 0.2) is 0 Å². The second-order valence-electron chi connectivity index (χ2n) is 5.82. The Bertz CT molecular complexity index is 560. The van der Waals surface area contributed by atoms with E-state index in [0.717, 1.165) is 23.1 Å². The van der Waals surface area contributed by atoms with Crippen molar-refractivity contribution in [2.45, 2.75) is 38.5 Å². The molecule has 0 saturated heterocycles. The molecule has 3 rings (SSSR count). The molecule has 1 aliphatic rings. The summed E-state index contributed by atoms with van der Waals surface area (Å²) in [6.07, 6.45) is 8.76. The highest BCUT2D eigenvalue weighted by atomic mass is 14.9. The number of nitrogen functional groups attached to an aromatic ring is 1. The number of anilines is 1. The summed E-state index contributed by atoms with van der Waals surface area (Å²) in [7, 11) is 0. The van der Waals surface area contributed by atoms with Crippen LogP contribution >= 0.6 is 0 Å². The van der Waals surface area contributed by atoms with Gasteiger partial charge >= 0.3 is 0 Å². The maximum atomic E-state index is 5.57. The van der Waals surface area contributed by atoms with Gasteiger partial charge in [-0.3, -0.25) is 4.98 Å². The minimum absolute atomic E-state index is 0.460. The van der Waals surface area contributed by atoms with Crippen LogP contribution in [0.5, 0.6) is 0 Å². The third-order valence-corrected chi connectivity index (χ3v) is 4.42. The van der Waals surface area contributed by atoms with E-state index in [4.69, 9.17) is 5.73 Å². The standard InChI is InChI=1S/C17H21N3/c1-12-4-2-3-5-15(12)13-6-8-14(9-7-13)16-10-20-17(18)11-19-16/h6-12,15H,2-5H2,1H3,(H2,18,20). The van der Waals surface area contributed by atoms with Crippen LogP contribution in [0.25, 0.3) is 11.3 Å². The minimum Gasteiger partial charge on any atom is -0.382 e. The van der Waals surface area contributed by atoms with Gasteiger partial charge in [0.2, 0.25) is 0 Å². The zero-order valence-electron chi connectivity index (χ0n) is 11.9. The van der Waals surface area contributed by atoms with Crippen molar-refractivity contribution >= 4 is 5.82 Å². The molecule has 1 heterocycles. The molecule has 3 heteroatoms. The van der Waals surface area contributed by atoms with Gasteiger partial charge in [-0.1, -0.05) is 50.5 Å². The van der Waals surface area contributed by atoms with Crippen LogP contribution in [-0.2, 0) is 0 Å². The quantitative estimate of drug-likeness (QED) is 0.894. The summed E-state index contributed by atoms with van der Waals surface area (Å²) in [5, 5.41) is 0. The fraction of sp³-hybridized carbons (Fsp3) is 0.412. The molecule has 0 amide bonds. The highest BCUT2D eigenvalue weighted by Crippen LogP contribution is 2.37. The molecule has 1 aromatic heterocycles. The lowest BCUT2D eigenvalue weighted by Crippen LogP contribution is -2.14. The van der Waals surface area contributed by atoms with Crippen LogP contribution in [0.3, 0.4) is 0 Å². The summed E-state index contributed by atoms with van der Waals surface area (Å²) in [5.74, 6) is 1.97. The Balaban J connectivity index is 1.82. The summed E-state index contributed by atoms with van der Waals surface area (Å²) < 4.78 is 0. The predicted octanol–water partition coefficient (Wildman–Crippen LogP) is 4.02. The van der Waals surface area contributed by atoms with Crippen LogP contribution in [0, 0.1) is 5.92 Å². The molecule has 2 atom stereocenters. The Morgan fingerprint density at radius 3 is 2.40 bits per heavy atom. The number of hydrogen-bond acceptors (Lipinski definition) is 3. The monoisotopic (exact) mass is 267 g/mol. The molecule has 0 radical (unpaired) electrons. The first kappa shape index (κ1) is 13.1. The van der Waals surface area contributed by atoms with Crippen molar-refractivity contribution in [3.05, 3.63) is 42.2 Å². The van der Waals surface area contributed by atoms with Crippen molar-refractivity contribution in [3.63, 3.8) is 0 Å². The van der Waals surface area contributed by atoms with E-state index in [-0.39, 0.29) is 0 Å². The normalized spacial score (nSPS) is 22.6. The lowest BCUT2D eigenvalue weighted by molar-refractivity contribution is 0.330. The average Bonchev–Trinajstić information content (AvgIpc) is 2.49. The van der Waals surface area contributed by atoms with Crippen LogP contribution in [0.4, 0.5) is 5.82 Å². The smallest absolute Gasteiger partial charge is 0.141 e. The van der Waals surface area contributed by atoms with Crippen molar-refractivity contribution < 1.29 is 0 Å². The van der Waals surface area contributed by atoms with Gasteiger partial charge in [-0.25, -0.2) is 4.98 Å². The molecule has 3 nitrogen and oxygen atoms in total. The summed E-state index contributed by atoms with van der Waals surface area (Å²) in [5.41, 5.74) is 9.01. The number of aromatic nitrogens is 2. The molecular weight excluding hydrogens is 246 g/mol. The fourth-order valence-corrected chi connectivity index (χ4v) is 3.20. The third-order valence-electron chi connectivity index (χ3n) is 4.42. The number of hydrogen-bond donors (Lipinski definition) is 1. The van der Waals surface area contributed by atoms with Crippen molar-refractivity contribution in [1.29, 1.82) is 0 Å². The summed E-state index contributed by atoms with van der Waals surface area (Å²) in [6.45, 7) is 2.38. The minimum atomic E-state index is 0.460. The Morgan fingerprint density at radius 2 is 1.75 bits per heavy atom. The molecule has 2 N–H and O–H groups in total. The van der Waals surface area contributed by atoms with Gasteiger partial charge in [0.1, 0.15) is 5.82 Å². The largest absolute Gasteiger partial charge is 0.382 e. The van der Waals surface area contributed by atoms with Crippen LogP contribution in [0.1, 0.15) is 44.1 Å². The van der Waals surface area contributed by atoms with E-state index < -0.39 is 0 Å². The first-order chi connectivity index (χ1) is 9.74. The van der Waals surface area contributed by atoms with E-state index in [2.05, 4.69) is 41.2 Å². The lowest BCUT2D eigenvalue weighted by atomic mass is 9.76. The fourth-order valence-electron chi connectivity index (χ4n) is 3.20. The highest BCUT2D eigenvalue weighted by Gasteiger charge is 2.22. The van der Waals surface area contributed by atoms with Crippen molar-refractivity contribution in [2.75, 3.05) is 5.73 Å². The van der Waals surface area contributed by atoms with Crippen LogP contribution in [-0.4, -0.2) is 9.97 Å². The summed E-state index contributed by atoms with van der Waals surface area (Å²) in [4.78, 5) is 8.41. The Hall–Kier alpha value is -1.90. The molecule has 1 saturated carbocycles. The molecule has 104 valence electrons. The van der Waals surface area contributed by atoms with Gasteiger partial charge in [-0.15, -0.1) is 0 Å². The SMILES string of the molecule is CC1CCCCC1c1ccc(-c2cnc(N)cn2)cc1. The maximum Gasteiger partial charge on any atom is 0.141 e. The van der Waals surface area contributed by atoms with E-state index in [9.17, 15) is 0 Å². The molecule has 0 spiro atoms. The molecule has 2 aromatic rings.